The number of nitrogens with zero attached hydrogens (tertiary/aromatic N) is 1. The first-order chi connectivity index (χ1) is 10.3. The van der Waals surface area contributed by atoms with Crippen LogP contribution in [0.25, 0.3) is 0 Å². The summed E-state index contributed by atoms with van der Waals surface area (Å²) in [6.45, 7) is 5.05. The van der Waals surface area contributed by atoms with Crippen molar-refractivity contribution in [2.24, 2.45) is 5.92 Å². The van der Waals surface area contributed by atoms with Gasteiger partial charge in [0.15, 0.2) is 0 Å². The number of rotatable bonds is 4. The second-order valence-corrected chi connectivity index (χ2v) is 8.84. The van der Waals surface area contributed by atoms with Crippen LogP contribution in [0.2, 0.25) is 10.0 Å². The number of halogens is 2. The summed E-state index contributed by atoms with van der Waals surface area (Å²) in [7, 11) is -3.36. The summed E-state index contributed by atoms with van der Waals surface area (Å²) < 4.78 is 32.1. The van der Waals surface area contributed by atoms with Gasteiger partial charge in [-0.2, -0.15) is 4.31 Å². The number of hydrogen-bond acceptors (Lipinski definition) is 3. The Morgan fingerprint density at radius 3 is 2.73 bits per heavy atom. The van der Waals surface area contributed by atoms with Gasteiger partial charge in [0, 0.05) is 22.6 Å². The van der Waals surface area contributed by atoms with E-state index in [1.165, 1.54) is 4.31 Å². The summed E-state index contributed by atoms with van der Waals surface area (Å²) in [6, 6.07) is 4.97. The normalized spacial score (nSPS) is 22.7. The molecular formula is C15H21Cl2NO3S. The quantitative estimate of drug-likeness (QED) is 0.819. The maximum atomic E-state index is 12.6. The Kier molecular flexibility index (Phi) is 6.14. The molecule has 7 heteroatoms. The van der Waals surface area contributed by atoms with Crippen molar-refractivity contribution < 1.29 is 13.2 Å². The summed E-state index contributed by atoms with van der Waals surface area (Å²) in [5.74, 6) is 0.386. The van der Waals surface area contributed by atoms with Gasteiger partial charge in [0.05, 0.1) is 19.0 Å². The van der Waals surface area contributed by atoms with E-state index in [0.717, 1.165) is 12.0 Å². The standard InChI is InChI=1S/C15H21Cl2NO3S/c1-11(2)7-14-10-21-5-6-22(19,20)18(14)9-12-3-4-13(16)8-15(12)17/h3-4,8,11,14H,5-7,9-10H2,1-2H3/t14-/m0/s1. The van der Waals surface area contributed by atoms with Crippen molar-refractivity contribution >= 4 is 33.2 Å². The molecule has 0 bridgehead atoms. The molecule has 1 heterocycles. The highest BCUT2D eigenvalue weighted by Gasteiger charge is 2.33. The van der Waals surface area contributed by atoms with Crippen LogP contribution in [0.15, 0.2) is 18.2 Å². The van der Waals surface area contributed by atoms with E-state index in [9.17, 15) is 8.42 Å². The SMILES string of the molecule is CC(C)C[C@H]1COCCS(=O)(=O)N1Cc1ccc(Cl)cc1Cl. The molecule has 2 rings (SSSR count). The van der Waals surface area contributed by atoms with Crippen LogP contribution in [0, 0.1) is 5.92 Å². The van der Waals surface area contributed by atoms with Gasteiger partial charge in [-0.15, -0.1) is 0 Å². The lowest BCUT2D eigenvalue weighted by molar-refractivity contribution is 0.100. The Hall–Kier alpha value is -0.330. The van der Waals surface area contributed by atoms with Gasteiger partial charge >= 0.3 is 0 Å². The first-order valence-corrected chi connectivity index (χ1v) is 9.67. The Morgan fingerprint density at radius 1 is 1.36 bits per heavy atom. The minimum atomic E-state index is -3.36. The Bertz CT molecular complexity index is 619. The summed E-state index contributed by atoms with van der Waals surface area (Å²) >= 11 is 12.1. The molecule has 0 unspecified atom stereocenters. The van der Waals surface area contributed by atoms with Crippen LogP contribution < -0.4 is 0 Å². The Morgan fingerprint density at radius 2 is 2.09 bits per heavy atom. The zero-order valence-corrected chi connectivity index (χ0v) is 15.1. The predicted molar refractivity (Wildman–Crippen MR) is 89.9 cm³/mol. The number of ether oxygens (including phenoxy) is 1. The number of sulfonamides is 1. The monoisotopic (exact) mass is 365 g/mol. The summed E-state index contributed by atoms with van der Waals surface area (Å²) in [6.07, 6.45) is 0.754. The summed E-state index contributed by atoms with van der Waals surface area (Å²) in [5.41, 5.74) is 0.755. The van der Waals surface area contributed by atoms with Crippen molar-refractivity contribution in [2.45, 2.75) is 32.9 Å². The van der Waals surface area contributed by atoms with E-state index in [0.29, 0.717) is 22.6 Å². The van der Waals surface area contributed by atoms with Gasteiger partial charge in [0.25, 0.3) is 0 Å². The van der Waals surface area contributed by atoms with E-state index >= 15 is 0 Å². The average molecular weight is 366 g/mol. The van der Waals surface area contributed by atoms with Crippen LogP contribution in [0.5, 0.6) is 0 Å². The fourth-order valence-electron chi connectivity index (χ4n) is 2.59. The third-order valence-corrected chi connectivity index (χ3v) is 6.06. The summed E-state index contributed by atoms with van der Waals surface area (Å²) in [4.78, 5) is 0. The van der Waals surface area contributed by atoms with Gasteiger partial charge in [0.2, 0.25) is 10.0 Å². The van der Waals surface area contributed by atoms with Crippen LogP contribution in [-0.4, -0.2) is 37.7 Å². The van der Waals surface area contributed by atoms with Crippen molar-refractivity contribution in [2.75, 3.05) is 19.0 Å². The summed E-state index contributed by atoms with van der Waals surface area (Å²) in [5, 5.41) is 1.02. The van der Waals surface area contributed by atoms with E-state index in [-0.39, 0.29) is 24.9 Å². The highest BCUT2D eigenvalue weighted by Crippen LogP contribution is 2.27. The minimum Gasteiger partial charge on any atom is -0.379 e. The lowest BCUT2D eigenvalue weighted by Crippen LogP contribution is -2.42. The molecule has 0 aromatic heterocycles. The van der Waals surface area contributed by atoms with Gasteiger partial charge in [-0.25, -0.2) is 8.42 Å². The molecule has 0 radical (unpaired) electrons. The van der Waals surface area contributed by atoms with Crippen LogP contribution in [0.4, 0.5) is 0 Å². The second kappa shape index (κ2) is 7.49. The first-order valence-electron chi connectivity index (χ1n) is 7.31. The molecule has 1 saturated heterocycles. The van der Waals surface area contributed by atoms with Crippen molar-refractivity contribution in [1.29, 1.82) is 0 Å². The zero-order valence-electron chi connectivity index (χ0n) is 12.8. The molecule has 1 aromatic carbocycles. The average Bonchev–Trinajstić information content (AvgIpc) is 2.53. The third-order valence-electron chi connectivity index (χ3n) is 3.65. The lowest BCUT2D eigenvalue weighted by atomic mass is 10.0. The molecule has 0 saturated carbocycles. The molecule has 1 aliphatic heterocycles. The van der Waals surface area contributed by atoms with Crippen LogP contribution in [0.3, 0.4) is 0 Å². The molecule has 0 N–H and O–H groups in total. The largest absolute Gasteiger partial charge is 0.379 e. The molecule has 0 spiro atoms. The van der Waals surface area contributed by atoms with Crippen LogP contribution >= 0.6 is 23.2 Å². The molecule has 1 fully saturated rings. The fourth-order valence-corrected chi connectivity index (χ4v) is 4.55. The molecule has 22 heavy (non-hydrogen) atoms. The number of benzene rings is 1. The molecular weight excluding hydrogens is 345 g/mol. The molecule has 1 aromatic rings. The fraction of sp³-hybridized carbons (Fsp3) is 0.600. The molecule has 4 nitrogen and oxygen atoms in total. The predicted octanol–water partition coefficient (Wildman–Crippen LogP) is 3.57. The first kappa shape index (κ1) is 18.0. The molecule has 1 aliphatic rings. The molecule has 124 valence electrons. The second-order valence-electron chi connectivity index (χ2n) is 5.96. The van der Waals surface area contributed by atoms with E-state index in [4.69, 9.17) is 27.9 Å². The molecule has 1 atom stereocenters. The highest BCUT2D eigenvalue weighted by molar-refractivity contribution is 7.89. The van der Waals surface area contributed by atoms with E-state index < -0.39 is 10.0 Å². The van der Waals surface area contributed by atoms with Gasteiger partial charge < -0.3 is 4.74 Å². The van der Waals surface area contributed by atoms with Gasteiger partial charge in [0.1, 0.15) is 0 Å². The van der Waals surface area contributed by atoms with Crippen molar-refractivity contribution in [1.82, 2.24) is 4.31 Å². The van der Waals surface area contributed by atoms with E-state index in [2.05, 4.69) is 13.8 Å². The van der Waals surface area contributed by atoms with Crippen molar-refractivity contribution in [3.8, 4) is 0 Å². The molecule has 0 amide bonds. The molecule has 0 aliphatic carbocycles. The van der Waals surface area contributed by atoms with Gasteiger partial charge in [-0.1, -0.05) is 43.1 Å². The maximum absolute atomic E-state index is 12.6. The van der Waals surface area contributed by atoms with E-state index in [1.54, 1.807) is 18.2 Å². The van der Waals surface area contributed by atoms with Gasteiger partial charge in [-0.05, 0) is 30.0 Å². The smallest absolute Gasteiger partial charge is 0.217 e. The Balaban J connectivity index is 2.31. The maximum Gasteiger partial charge on any atom is 0.217 e. The third kappa shape index (κ3) is 4.59. The van der Waals surface area contributed by atoms with Crippen molar-refractivity contribution in [3.05, 3.63) is 33.8 Å². The van der Waals surface area contributed by atoms with Crippen LogP contribution in [-0.2, 0) is 21.3 Å². The topological polar surface area (TPSA) is 46.6 Å². The van der Waals surface area contributed by atoms with Crippen molar-refractivity contribution in [3.63, 3.8) is 0 Å². The lowest BCUT2D eigenvalue weighted by Gasteiger charge is -2.29. The minimum absolute atomic E-state index is 0.00675. The van der Waals surface area contributed by atoms with Gasteiger partial charge in [-0.3, -0.25) is 0 Å². The van der Waals surface area contributed by atoms with E-state index in [1.807, 2.05) is 0 Å². The highest BCUT2D eigenvalue weighted by atomic mass is 35.5. The number of hydrogen-bond donors (Lipinski definition) is 0. The zero-order chi connectivity index (χ0) is 16.3. The Labute approximate surface area is 142 Å². The van der Waals surface area contributed by atoms with Crippen LogP contribution in [0.1, 0.15) is 25.8 Å².